The molecule has 0 spiro atoms. The average Bonchev–Trinajstić information content (AvgIpc) is 3.27. The second-order valence-corrected chi connectivity index (χ2v) is 8.49. The van der Waals surface area contributed by atoms with Crippen molar-refractivity contribution in [3.8, 4) is 0 Å². The van der Waals surface area contributed by atoms with Crippen LogP contribution in [0.2, 0.25) is 0 Å². The summed E-state index contributed by atoms with van der Waals surface area (Å²) >= 11 is 5.29. The van der Waals surface area contributed by atoms with Crippen LogP contribution in [0.25, 0.3) is 0 Å². The van der Waals surface area contributed by atoms with Gasteiger partial charge >= 0.3 is 0 Å². The Morgan fingerprint density at radius 2 is 1.48 bits per heavy atom. The van der Waals surface area contributed by atoms with Gasteiger partial charge in [0.15, 0.2) is 5.11 Å². The van der Waals surface area contributed by atoms with Crippen molar-refractivity contribution in [2.24, 2.45) is 0 Å². The number of carbonyl (C=O) groups excluding carboxylic acids is 2. The molecule has 2 aliphatic rings. The van der Waals surface area contributed by atoms with Gasteiger partial charge in [-0.15, -0.1) is 0 Å². The number of ketones is 2. The Morgan fingerprint density at radius 3 is 2.10 bits per heavy atom. The first kappa shape index (κ1) is 21.1. The summed E-state index contributed by atoms with van der Waals surface area (Å²) in [5.74, 6) is -0.246. The normalized spacial score (nSPS) is 15.9. The Balaban J connectivity index is 1.61. The fraction of sp³-hybridized carbons (Fsp3) is 0.292. The third kappa shape index (κ3) is 4.46. The van der Waals surface area contributed by atoms with Gasteiger partial charge in [0.25, 0.3) is 0 Å². The van der Waals surface area contributed by atoms with E-state index in [4.69, 9.17) is 12.2 Å². The average molecular weight is 435 g/mol. The molecular weight excluding hydrogens is 408 g/mol. The number of hydrogen-bond donors (Lipinski definition) is 3. The standard InChI is InChI=1S/C24H26N4O2S/c1-15(2)25-24(31)27-17-11-9-16(10-12-17)26-20-21(28-13-5-6-14-28)23(30)19-8-4-3-7-18(19)22(20)29/h3-4,7-12,15,26H,5-6,13-14H2,1-2H3,(H2,25,27,31). The van der Waals surface area contributed by atoms with Gasteiger partial charge < -0.3 is 20.9 Å². The summed E-state index contributed by atoms with van der Waals surface area (Å²) in [7, 11) is 0. The van der Waals surface area contributed by atoms with Crippen LogP contribution in [-0.4, -0.2) is 40.7 Å². The highest BCUT2D eigenvalue weighted by molar-refractivity contribution is 7.80. The highest BCUT2D eigenvalue weighted by Gasteiger charge is 2.36. The van der Waals surface area contributed by atoms with E-state index in [-0.39, 0.29) is 17.6 Å². The van der Waals surface area contributed by atoms with E-state index in [0.717, 1.165) is 37.3 Å². The summed E-state index contributed by atoms with van der Waals surface area (Å²) < 4.78 is 0. The minimum Gasteiger partial charge on any atom is -0.367 e. The van der Waals surface area contributed by atoms with Crippen LogP contribution in [0.3, 0.4) is 0 Å². The number of anilines is 2. The molecular formula is C24H26N4O2S. The second-order valence-electron chi connectivity index (χ2n) is 8.08. The van der Waals surface area contributed by atoms with Crippen LogP contribution in [0.15, 0.2) is 59.9 Å². The molecule has 160 valence electrons. The Morgan fingerprint density at radius 1 is 0.903 bits per heavy atom. The third-order valence-electron chi connectivity index (χ3n) is 5.35. The summed E-state index contributed by atoms with van der Waals surface area (Å²) in [6.07, 6.45) is 2.04. The highest BCUT2D eigenvalue weighted by Crippen LogP contribution is 2.31. The fourth-order valence-corrected chi connectivity index (χ4v) is 4.28. The molecule has 3 N–H and O–H groups in total. The summed E-state index contributed by atoms with van der Waals surface area (Å²) in [5.41, 5.74) is 3.33. The summed E-state index contributed by atoms with van der Waals surface area (Å²) in [5, 5.41) is 10.1. The largest absolute Gasteiger partial charge is 0.367 e. The van der Waals surface area contributed by atoms with Gasteiger partial charge in [0.2, 0.25) is 11.6 Å². The lowest BCUT2D eigenvalue weighted by Crippen LogP contribution is -2.35. The van der Waals surface area contributed by atoms with Crippen molar-refractivity contribution in [2.45, 2.75) is 32.7 Å². The number of Topliss-reactive ketones (excluding diaryl/α,β-unsaturated/α-hetero) is 2. The molecule has 2 aromatic carbocycles. The molecule has 6 nitrogen and oxygen atoms in total. The van der Waals surface area contributed by atoms with Gasteiger partial charge in [-0.3, -0.25) is 9.59 Å². The number of nitrogens with one attached hydrogen (secondary N) is 3. The Bertz CT molecular complexity index is 1050. The van der Waals surface area contributed by atoms with Crippen LogP contribution < -0.4 is 16.0 Å². The molecule has 1 saturated heterocycles. The molecule has 0 amide bonds. The van der Waals surface area contributed by atoms with Gasteiger partial charge in [-0.05, 0) is 63.2 Å². The van der Waals surface area contributed by atoms with Crippen molar-refractivity contribution in [1.29, 1.82) is 0 Å². The summed E-state index contributed by atoms with van der Waals surface area (Å²) in [6, 6.07) is 14.8. The van der Waals surface area contributed by atoms with E-state index in [1.165, 1.54) is 0 Å². The van der Waals surface area contributed by atoms with E-state index in [1.807, 2.05) is 43.0 Å². The number of fused-ring (bicyclic) bond motifs is 1. The molecule has 0 aromatic heterocycles. The Hall–Kier alpha value is -3.19. The molecule has 4 rings (SSSR count). The number of carbonyl (C=O) groups is 2. The number of nitrogens with zero attached hydrogens (tertiary/aromatic N) is 1. The highest BCUT2D eigenvalue weighted by atomic mass is 32.1. The minimum atomic E-state index is -0.151. The molecule has 1 fully saturated rings. The number of benzene rings is 2. The Kier molecular flexibility index (Phi) is 6.04. The third-order valence-corrected chi connectivity index (χ3v) is 5.57. The van der Waals surface area contributed by atoms with Crippen LogP contribution in [0.4, 0.5) is 11.4 Å². The van der Waals surface area contributed by atoms with Crippen LogP contribution in [0.5, 0.6) is 0 Å². The number of allylic oxidation sites excluding steroid dienone is 2. The van der Waals surface area contributed by atoms with Crippen LogP contribution in [0.1, 0.15) is 47.4 Å². The zero-order valence-electron chi connectivity index (χ0n) is 17.7. The van der Waals surface area contributed by atoms with Gasteiger partial charge in [0.05, 0.1) is 0 Å². The number of hydrogen-bond acceptors (Lipinski definition) is 5. The first-order valence-electron chi connectivity index (χ1n) is 10.6. The molecule has 1 aliphatic carbocycles. The molecule has 0 atom stereocenters. The molecule has 31 heavy (non-hydrogen) atoms. The predicted octanol–water partition coefficient (Wildman–Crippen LogP) is 4.18. The van der Waals surface area contributed by atoms with Crippen molar-refractivity contribution in [1.82, 2.24) is 10.2 Å². The zero-order valence-corrected chi connectivity index (χ0v) is 18.5. The smallest absolute Gasteiger partial charge is 0.212 e. The van der Waals surface area contributed by atoms with E-state index in [0.29, 0.717) is 27.6 Å². The topological polar surface area (TPSA) is 73.5 Å². The second kappa shape index (κ2) is 8.89. The van der Waals surface area contributed by atoms with E-state index >= 15 is 0 Å². The van der Waals surface area contributed by atoms with Gasteiger partial charge in [-0.25, -0.2) is 0 Å². The molecule has 0 radical (unpaired) electrons. The van der Waals surface area contributed by atoms with Crippen LogP contribution in [0, 0.1) is 0 Å². The lowest BCUT2D eigenvalue weighted by molar-refractivity contribution is 0.0948. The molecule has 2 aromatic rings. The molecule has 1 heterocycles. The zero-order chi connectivity index (χ0) is 22.0. The molecule has 1 aliphatic heterocycles. The van der Waals surface area contributed by atoms with Crippen molar-refractivity contribution < 1.29 is 9.59 Å². The van der Waals surface area contributed by atoms with Gasteiger partial charge in [0.1, 0.15) is 11.4 Å². The Labute approximate surface area is 187 Å². The fourth-order valence-electron chi connectivity index (χ4n) is 3.93. The van der Waals surface area contributed by atoms with Crippen molar-refractivity contribution in [3.63, 3.8) is 0 Å². The van der Waals surface area contributed by atoms with E-state index in [2.05, 4.69) is 16.0 Å². The first-order chi connectivity index (χ1) is 14.9. The van der Waals surface area contributed by atoms with Gasteiger partial charge in [-0.2, -0.15) is 0 Å². The maximum absolute atomic E-state index is 13.3. The van der Waals surface area contributed by atoms with E-state index < -0.39 is 0 Å². The van der Waals surface area contributed by atoms with E-state index in [9.17, 15) is 9.59 Å². The molecule has 0 unspecified atom stereocenters. The van der Waals surface area contributed by atoms with Crippen molar-refractivity contribution in [2.75, 3.05) is 23.7 Å². The van der Waals surface area contributed by atoms with Gasteiger partial charge in [-0.1, -0.05) is 24.3 Å². The van der Waals surface area contributed by atoms with Crippen LogP contribution >= 0.6 is 12.2 Å². The maximum atomic E-state index is 13.3. The summed E-state index contributed by atoms with van der Waals surface area (Å²) in [6.45, 7) is 5.61. The number of rotatable bonds is 5. The SMILES string of the molecule is CC(C)NC(=S)Nc1ccc(NC2=C(N3CCCC3)C(=O)c3ccccc3C2=O)cc1. The van der Waals surface area contributed by atoms with Crippen LogP contribution in [-0.2, 0) is 0 Å². The predicted molar refractivity (Wildman–Crippen MR) is 127 cm³/mol. The number of likely N-dealkylation sites (tertiary alicyclic amines) is 1. The summed E-state index contributed by atoms with van der Waals surface area (Å²) in [4.78, 5) is 28.6. The molecule has 0 bridgehead atoms. The monoisotopic (exact) mass is 434 g/mol. The molecule has 0 saturated carbocycles. The van der Waals surface area contributed by atoms with Gasteiger partial charge in [0, 0.05) is 41.6 Å². The molecule has 7 heteroatoms. The lowest BCUT2D eigenvalue weighted by atomic mass is 9.89. The first-order valence-corrected chi connectivity index (χ1v) is 11.0. The van der Waals surface area contributed by atoms with Crippen molar-refractivity contribution >= 4 is 40.3 Å². The van der Waals surface area contributed by atoms with E-state index in [1.54, 1.807) is 24.3 Å². The minimum absolute atomic E-state index is 0.0944. The van der Waals surface area contributed by atoms with Crippen molar-refractivity contribution in [3.05, 3.63) is 71.1 Å². The maximum Gasteiger partial charge on any atom is 0.212 e. The number of thiocarbonyl (C=S) groups is 1. The lowest BCUT2D eigenvalue weighted by Gasteiger charge is -2.28. The quantitative estimate of drug-likeness (QED) is 0.610.